The molecule has 0 aliphatic rings. The third-order valence-corrected chi connectivity index (χ3v) is 3.32. The molecule has 1 aromatic carbocycles. The Morgan fingerprint density at radius 2 is 2.06 bits per heavy atom. The second kappa shape index (κ2) is 4.65. The number of carbonyl (C=O) groups is 1. The maximum absolute atomic E-state index is 11.8. The third-order valence-electron chi connectivity index (χ3n) is 2.47. The lowest BCUT2D eigenvalue weighted by Crippen LogP contribution is -2.37. The van der Waals surface area contributed by atoms with Crippen LogP contribution in [-0.4, -0.2) is 22.6 Å². The van der Waals surface area contributed by atoms with Crippen LogP contribution in [0.3, 0.4) is 0 Å². The van der Waals surface area contributed by atoms with Crippen molar-refractivity contribution in [3.8, 4) is 0 Å². The van der Waals surface area contributed by atoms with Crippen molar-refractivity contribution in [2.75, 3.05) is 7.11 Å². The number of rotatable bonds is 3. The average Bonchev–Trinajstić information content (AvgIpc) is 2.92. The summed E-state index contributed by atoms with van der Waals surface area (Å²) in [6.45, 7) is 0. The first kappa shape index (κ1) is 11.8. The SMILES string of the molecule is COC(=O)C(O)(c1ccccc1)c1ccns1. The summed E-state index contributed by atoms with van der Waals surface area (Å²) in [4.78, 5) is 12.3. The smallest absolute Gasteiger partial charge is 0.348 e. The lowest BCUT2D eigenvalue weighted by atomic mass is 9.92. The molecule has 5 heteroatoms. The largest absolute Gasteiger partial charge is 0.466 e. The van der Waals surface area contributed by atoms with Crippen molar-refractivity contribution in [2.45, 2.75) is 5.60 Å². The molecule has 1 heterocycles. The molecule has 0 saturated carbocycles. The molecule has 0 aliphatic carbocycles. The van der Waals surface area contributed by atoms with Crippen LogP contribution in [-0.2, 0) is 15.1 Å². The highest BCUT2D eigenvalue weighted by molar-refractivity contribution is 7.06. The number of hydrogen-bond acceptors (Lipinski definition) is 5. The van der Waals surface area contributed by atoms with Crippen molar-refractivity contribution in [3.05, 3.63) is 53.0 Å². The van der Waals surface area contributed by atoms with Crippen LogP contribution in [0.4, 0.5) is 0 Å². The Morgan fingerprint density at radius 3 is 2.59 bits per heavy atom. The minimum atomic E-state index is -1.78. The van der Waals surface area contributed by atoms with Gasteiger partial charge in [-0.1, -0.05) is 30.3 Å². The standard InChI is InChI=1S/C12H11NO3S/c1-16-11(14)12(15,10-7-8-13-17-10)9-5-3-2-4-6-9/h2-8,15H,1H3. The molecule has 0 spiro atoms. The van der Waals surface area contributed by atoms with E-state index in [1.165, 1.54) is 13.3 Å². The first-order valence-corrected chi connectivity index (χ1v) is 5.74. The highest BCUT2D eigenvalue weighted by Crippen LogP contribution is 2.32. The number of aliphatic hydroxyl groups is 1. The topological polar surface area (TPSA) is 59.4 Å². The summed E-state index contributed by atoms with van der Waals surface area (Å²) < 4.78 is 8.59. The number of aromatic nitrogens is 1. The summed E-state index contributed by atoms with van der Waals surface area (Å²) >= 11 is 1.07. The molecular formula is C12H11NO3S. The molecule has 17 heavy (non-hydrogen) atoms. The summed E-state index contributed by atoms with van der Waals surface area (Å²) in [7, 11) is 1.25. The number of ether oxygens (including phenoxy) is 1. The van der Waals surface area contributed by atoms with Crippen molar-refractivity contribution in [3.63, 3.8) is 0 Å². The molecule has 2 rings (SSSR count). The fraction of sp³-hybridized carbons (Fsp3) is 0.167. The molecule has 0 radical (unpaired) electrons. The third kappa shape index (κ3) is 1.94. The Hall–Kier alpha value is -1.72. The molecule has 1 atom stereocenters. The molecule has 0 bridgehead atoms. The number of benzene rings is 1. The Morgan fingerprint density at radius 1 is 1.35 bits per heavy atom. The van der Waals surface area contributed by atoms with Crippen LogP contribution < -0.4 is 0 Å². The summed E-state index contributed by atoms with van der Waals surface area (Å²) in [5.41, 5.74) is -1.31. The molecule has 4 nitrogen and oxygen atoms in total. The van der Waals surface area contributed by atoms with Gasteiger partial charge in [-0.25, -0.2) is 9.17 Å². The maximum atomic E-state index is 11.8. The first-order chi connectivity index (χ1) is 8.19. The molecule has 88 valence electrons. The van der Waals surface area contributed by atoms with Gasteiger partial charge in [-0.3, -0.25) is 0 Å². The fourth-order valence-electron chi connectivity index (χ4n) is 1.59. The summed E-state index contributed by atoms with van der Waals surface area (Å²) in [5, 5.41) is 10.6. The molecule has 0 fully saturated rings. The van der Waals surface area contributed by atoms with Crippen molar-refractivity contribution in [1.82, 2.24) is 4.37 Å². The normalized spacial score (nSPS) is 14.0. The van der Waals surface area contributed by atoms with Crippen molar-refractivity contribution in [2.24, 2.45) is 0 Å². The second-order valence-corrected chi connectivity index (χ2v) is 4.28. The van der Waals surface area contributed by atoms with Gasteiger partial charge >= 0.3 is 5.97 Å². The highest BCUT2D eigenvalue weighted by atomic mass is 32.1. The van der Waals surface area contributed by atoms with Crippen LogP contribution >= 0.6 is 11.5 Å². The molecule has 0 saturated heterocycles. The Labute approximate surface area is 103 Å². The van der Waals surface area contributed by atoms with E-state index in [-0.39, 0.29) is 0 Å². The molecule has 2 aromatic rings. The van der Waals surface area contributed by atoms with Crippen LogP contribution in [0.15, 0.2) is 42.6 Å². The van der Waals surface area contributed by atoms with E-state index in [1.54, 1.807) is 30.3 Å². The predicted molar refractivity (Wildman–Crippen MR) is 63.6 cm³/mol. The van der Waals surface area contributed by atoms with Gasteiger partial charge in [0.2, 0.25) is 5.60 Å². The fourth-order valence-corrected chi connectivity index (χ4v) is 2.28. The van der Waals surface area contributed by atoms with Gasteiger partial charge < -0.3 is 9.84 Å². The van der Waals surface area contributed by atoms with Crippen LogP contribution in [0.25, 0.3) is 0 Å². The Bertz CT molecular complexity index is 498. The van der Waals surface area contributed by atoms with Crippen molar-refractivity contribution < 1.29 is 14.6 Å². The van der Waals surface area contributed by atoms with Gasteiger partial charge in [0.05, 0.1) is 12.0 Å². The number of hydrogen-bond donors (Lipinski definition) is 1. The zero-order valence-corrected chi connectivity index (χ0v) is 9.98. The van der Waals surface area contributed by atoms with E-state index < -0.39 is 11.6 Å². The first-order valence-electron chi connectivity index (χ1n) is 4.97. The van der Waals surface area contributed by atoms with Crippen molar-refractivity contribution in [1.29, 1.82) is 0 Å². The van der Waals surface area contributed by atoms with E-state index in [9.17, 15) is 9.90 Å². The summed E-state index contributed by atoms with van der Waals surface area (Å²) in [6, 6.07) is 10.3. The van der Waals surface area contributed by atoms with Crippen LogP contribution in [0.5, 0.6) is 0 Å². The van der Waals surface area contributed by atoms with Gasteiger partial charge in [-0.2, -0.15) is 0 Å². The van der Waals surface area contributed by atoms with Crippen LogP contribution in [0, 0.1) is 0 Å². The van der Waals surface area contributed by atoms with Gasteiger partial charge in [0.15, 0.2) is 0 Å². The number of nitrogens with zero attached hydrogens (tertiary/aromatic N) is 1. The van der Waals surface area contributed by atoms with E-state index in [0.29, 0.717) is 10.4 Å². The monoisotopic (exact) mass is 249 g/mol. The van der Waals surface area contributed by atoms with Crippen LogP contribution in [0.2, 0.25) is 0 Å². The Balaban J connectivity index is 2.56. The van der Waals surface area contributed by atoms with Gasteiger partial charge in [0.25, 0.3) is 0 Å². The average molecular weight is 249 g/mol. The lowest BCUT2D eigenvalue weighted by Gasteiger charge is -2.23. The van der Waals surface area contributed by atoms with Crippen molar-refractivity contribution >= 4 is 17.5 Å². The molecule has 1 aromatic heterocycles. The number of methoxy groups -OCH3 is 1. The number of esters is 1. The molecule has 0 amide bonds. The summed E-state index contributed by atoms with van der Waals surface area (Å²) in [6.07, 6.45) is 1.54. The molecule has 1 N–H and O–H groups in total. The van der Waals surface area contributed by atoms with Crippen LogP contribution in [0.1, 0.15) is 10.4 Å². The van der Waals surface area contributed by atoms with Gasteiger partial charge in [0, 0.05) is 11.8 Å². The van der Waals surface area contributed by atoms with E-state index in [2.05, 4.69) is 9.11 Å². The van der Waals surface area contributed by atoms with Gasteiger partial charge in [-0.05, 0) is 17.6 Å². The molecule has 1 unspecified atom stereocenters. The molecular weight excluding hydrogens is 238 g/mol. The number of carbonyl (C=O) groups excluding carboxylic acids is 1. The Kier molecular flexibility index (Phi) is 3.21. The quantitative estimate of drug-likeness (QED) is 0.838. The van der Waals surface area contributed by atoms with Gasteiger partial charge in [-0.15, -0.1) is 0 Å². The van der Waals surface area contributed by atoms with Gasteiger partial charge in [0.1, 0.15) is 0 Å². The predicted octanol–water partition coefficient (Wildman–Crippen LogP) is 1.55. The van der Waals surface area contributed by atoms with E-state index in [1.807, 2.05) is 6.07 Å². The maximum Gasteiger partial charge on any atom is 0.348 e. The highest BCUT2D eigenvalue weighted by Gasteiger charge is 2.42. The second-order valence-electron chi connectivity index (χ2n) is 3.44. The lowest BCUT2D eigenvalue weighted by molar-refractivity contribution is -0.158. The van der Waals surface area contributed by atoms with E-state index in [0.717, 1.165) is 11.5 Å². The zero-order chi connectivity index (χ0) is 12.3. The summed E-state index contributed by atoms with van der Waals surface area (Å²) in [5.74, 6) is -0.715. The molecule has 0 aliphatic heterocycles. The minimum Gasteiger partial charge on any atom is -0.466 e. The zero-order valence-electron chi connectivity index (χ0n) is 9.16. The minimum absolute atomic E-state index is 0.440. The van der Waals surface area contributed by atoms with E-state index >= 15 is 0 Å². The van der Waals surface area contributed by atoms with E-state index in [4.69, 9.17) is 0 Å².